The summed E-state index contributed by atoms with van der Waals surface area (Å²) in [7, 11) is -3.31. The Morgan fingerprint density at radius 3 is 2.54 bits per heavy atom. The Hall–Kier alpha value is -2.71. The van der Waals surface area contributed by atoms with Gasteiger partial charge in [-0.2, -0.15) is 0 Å². The molecule has 144 valence electrons. The van der Waals surface area contributed by atoms with Crippen LogP contribution in [0.15, 0.2) is 58.6 Å². The number of carbonyl (C=O) groups is 1. The Morgan fingerprint density at radius 2 is 1.86 bits per heavy atom. The van der Waals surface area contributed by atoms with E-state index in [0.29, 0.717) is 16.9 Å². The summed E-state index contributed by atoms with van der Waals surface area (Å²) in [5.41, 5.74) is 0.296. The van der Waals surface area contributed by atoms with Crippen molar-refractivity contribution in [1.29, 1.82) is 0 Å². The number of cyclic esters (lactones) is 1. The van der Waals surface area contributed by atoms with Crippen molar-refractivity contribution in [1.82, 2.24) is 4.98 Å². The third kappa shape index (κ3) is 3.29. The molecule has 6 nitrogen and oxygen atoms in total. The van der Waals surface area contributed by atoms with Crippen molar-refractivity contribution >= 4 is 42.9 Å². The first-order valence-electron chi connectivity index (χ1n) is 8.45. The smallest absolute Gasteiger partial charge is 0.375 e. The first-order valence-corrected chi connectivity index (χ1v) is 11.2. The Kier molecular flexibility index (Phi) is 4.28. The van der Waals surface area contributed by atoms with Crippen LogP contribution >= 0.6 is 11.3 Å². The highest BCUT2D eigenvalue weighted by molar-refractivity contribution is 7.90. The largest absolute Gasteiger partial charge is 0.449 e. The summed E-state index contributed by atoms with van der Waals surface area (Å²) in [6.07, 6.45) is 2.71. The van der Waals surface area contributed by atoms with E-state index in [9.17, 15) is 13.2 Å². The van der Waals surface area contributed by atoms with Crippen LogP contribution in [0.3, 0.4) is 0 Å². The van der Waals surface area contributed by atoms with E-state index in [2.05, 4.69) is 4.98 Å². The minimum absolute atomic E-state index is 0.0773. The average molecular weight is 415 g/mol. The number of hydrogen-bond donors (Lipinski definition) is 0. The van der Waals surface area contributed by atoms with E-state index < -0.39 is 21.4 Å². The number of rotatable bonds is 4. The predicted octanol–water partition coefficient (Wildman–Crippen LogP) is 3.83. The van der Waals surface area contributed by atoms with Crippen molar-refractivity contribution in [2.75, 3.05) is 6.26 Å². The predicted molar refractivity (Wildman–Crippen MR) is 107 cm³/mol. The number of hydrogen-bond acceptors (Lipinski definition) is 7. The van der Waals surface area contributed by atoms with Gasteiger partial charge in [-0.05, 0) is 49.1 Å². The maximum absolute atomic E-state index is 12.5. The fraction of sp³-hybridized carbons (Fsp3) is 0.200. The lowest BCUT2D eigenvalue weighted by atomic mass is 9.92. The maximum Gasteiger partial charge on any atom is 0.375 e. The van der Waals surface area contributed by atoms with Gasteiger partial charge in [0.1, 0.15) is 16.2 Å². The molecule has 0 radical (unpaired) electrons. The highest BCUT2D eigenvalue weighted by Crippen LogP contribution is 2.40. The lowest BCUT2D eigenvalue weighted by Crippen LogP contribution is -2.22. The summed E-state index contributed by atoms with van der Waals surface area (Å²) >= 11 is 1.52. The van der Waals surface area contributed by atoms with E-state index in [4.69, 9.17) is 9.47 Å². The molecule has 0 spiro atoms. The molecule has 1 aliphatic rings. The van der Waals surface area contributed by atoms with E-state index in [1.165, 1.54) is 23.5 Å². The number of carbonyl (C=O) groups excluding carboxylic acids is 1. The lowest BCUT2D eigenvalue weighted by Gasteiger charge is -2.21. The third-order valence-electron chi connectivity index (χ3n) is 4.43. The number of sulfone groups is 1. The summed E-state index contributed by atoms with van der Waals surface area (Å²) < 4.78 is 34.8. The number of benzene rings is 1. The van der Waals surface area contributed by atoms with E-state index in [1.807, 2.05) is 17.5 Å². The van der Waals surface area contributed by atoms with E-state index >= 15 is 0 Å². The van der Waals surface area contributed by atoms with Crippen LogP contribution in [0.1, 0.15) is 19.4 Å². The zero-order valence-electron chi connectivity index (χ0n) is 15.4. The van der Waals surface area contributed by atoms with Gasteiger partial charge >= 0.3 is 5.97 Å². The van der Waals surface area contributed by atoms with Gasteiger partial charge in [-0.15, -0.1) is 11.3 Å². The van der Waals surface area contributed by atoms with Crippen LogP contribution in [-0.4, -0.2) is 31.2 Å². The minimum atomic E-state index is -3.31. The minimum Gasteiger partial charge on any atom is -0.449 e. The molecule has 3 aromatic rings. The molecule has 3 heterocycles. The molecule has 0 N–H and O–H groups in total. The second-order valence-corrected chi connectivity index (χ2v) is 9.90. The molecule has 2 aromatic heterocycles. The number of aromatic nitrogens is 1. The molecular formula is C20H17NO5S2. The molecule has 0 aliphatic carbocycles. The highest BCUT2D eigenvalue weighted by atomic mass is 32.2. The molecule has 0 saturated carbocycles. The second kappa shape index (κ2) is 6.42. The van der Waals surface area contributed by atoms with Crippen LogP contribution < -0.4 is 4.74 Å². The number of nitrogens with zero attached hydrogens (tertiary/aromatic N) is 1. The van der Waals surface area contributed by atoms with Crippen molar-refractivity contribution in [2.24, 2.45) is 0 Å². The first kappa shape index (κ1) is 18.6. The average Bonchev–Trinajstić information content (AvgIpc) is 3.16. The van der Waals surface area contributed by atoms with Gasteiger partial charge in [0, 0.05) is 11.6 Å². The number of fused-ring (bicyclic) bond motifs is 1. The second-order valence-electron chi connectivity index (χ2n) is 6.99. The van der Waals surface area contributed by atoms with Crippen LogP contribution in [0.2, 0.25) is 0 Å². The van der Waals surface area contributed by atoms with Crippen LogP contribution in [0.25, 0.3) is 15.8 Å². The molecule has 0 amide bonds. The van der Waals surface area contributed by atoms with Gasteiger partial charge in [-0.1, -0.05) is 12.1 Å². The quantitative estimate of drug-likeness (QED) is 0.603. The van der Waals surface area contributed by atoms with Gasteiger partial charge in [0.2, 0.25) is 5.76 Å². The van der Waals surface area contributed by atoms with Gasteiger partial charge in [0.15, 0.2) is 9.84 Å². The molecule has 1 aliphatic heterocycles. The van der Waals surface area contributed by atoms with Gasteiger partial charge in [0.05, 0.1) is 16.7 Å². The van der Waals surface area contributed by atoms with Crippen molar-refractivity contribution in [3.8, 4) is 5.75 Å². The zero-order chi connectivity index (χ0) is 20.1. The summed E-state index contributed by atoms with van der Waals surface area (Å²) in [4.78, 5) is 17.9. The molecular weight excluding hydrogens is 398 g/mol. The van der Waals surface area contributed by atoms with Gasteiger partial charge < -0.3 is 9.47 Å². The molecule has 28 heavy (non-hydrogen) atoms. The SMILES string of the molecule is CC1(C)OC(=O)C(Oc2cnc3sccc3c2)=C1c1ccc(S(C)(=O)=O)cc1. The standard InChI is InChI=1S/C20H17NO5S2/c1-20(2)16(12-4-6-15(7-5-12)28(3,23)24)17(19(22)26-20)25-14-10-13-8-9-27-18(13)21-11-14/h4-11H,1-3H3. The lowest BCUT2D eigenvalue weighted by molar-refractivity contribution is -0.145. The van der Waals surface area contributed by atoms with E-state index in [0.717, 1.165) is 16.5 Å². The summed E-state index contributed by atoms with van der Waals surface area (Å²) in [6.45, 7) is 3.53. The number of ether oxygens (including phenoxy) is 2. The normalized spacial score (nSPS) is 16.5. The van der Waals surface area contributed by atoms with Crippen LogP contribution in [-0.2, 0) is 19.4 Å². The fourth-order valence-electron chi connectivity index (χ4n) is 3.16. The van der Waals surface area contributed by atoms with Crippen molar-refractivity contribution in [3.05, 3.63) is 59.3 Å². The maximum atomic E-state index is 12.5. The van der Waals surface area contributed by atoms with Crippen molar-refractivity contribution in [3.63, 3.8) is 0 Å². The van der Waals surface area contributed by atoms with E-state index in [1.54, 1.807) is 32.2 Å². The van der Waals surface area contributed by atoms with E-state index in [-0.39, 0.29) is 10.7 Å². The van der Waals surface area contributed by atoms with Gasteiger partial charge in [0.25, 0.3) is 0 Å². The number of esters is 1. The molecule has 0 unspecified atom stereocenters. The Labute approximate surface area is 166 Å². The Bertz CT molecular complexity index is 1220. The van der Waals surface area contributed by atoms with Crippen molar-refractivity contribution < 1.29 is 22.7 Å². The molecule has 0 fully saturated rings. The van der Waals surface area contributed by atoms with Crippen LogP contribution in [0, 0.1) is 0 Å². The third-order valence-corrected chi connectivity index (χ3v) is 6.40. The highest BCUT2D eigenvalue weighted by Gasteiger charge is 2.43. The Morgan fingerprint density at radius 1 is 1.14 bits per heavy atom. The molecule has 0 saturated heterocycles. The van der Waals surface area contributed by atoms with Crippen molar-refractivity contribution in [2.45, 2.75) is 24.3 Å². The molecule has 8 heteroatoms. The van der Waals surface area contributed by atoms with Crippen LogP contribution in [0.5, 0.6) is 5.75 Å². The molecule has 0 bridgehead atoms. The van der Waals surface area contributed by atoms with Crippen LogP contribution in [0.4, 0.5) is 0 Å². The summed E-state index contributed by atoms with van der Waals surface area (Å²) in [6, 6.07) is 10.1. The van der Waals surface area contributed by atoms with Gasteiger partial charge in [-0.25, -0.2) is 18.2 Å². The number of thiophene rings is 1. The Balaban J connectivity index is 1.79. The topological polar surface area (TPSA) is 82.6 Å². The zero-order valence-corrected chi connectivity index (χ0v) is 17.1. The summed E-state index contributed by atoms with van der Waals surface area (Å²) in [5, 5.41) is 2.86. The number of pyridine rings is 1. The first-order chi connectivity index (χ1) is 13.1. The molecule has 4 rings (SSSR count). The van der Waals surface area contributed by atoms with Gasteiger partial charge in [-0.3, -0.25) is 0 Å². The monoisotopic (exact) mass is 415 g/mol. The molecule has 1 aromatic carbocycles. The molecule has 0 atom stereocenters. The fourth-order valence-corrected chi connectivity index (χ4v) is 4.51. The summed E-state index contributed by atoms with van der Waals surface area (Å²) in [5.74, 6) is -0.0631.